The van der Waals surface area contributed by atoms with Crippen LogP contribution in [0.2, 0.25) is 0 Å². The summed E-state index contributed by atoms with van der Waals surface area (Å²) in [5, 5.41) is 0. The van der Waals surface area contributed by atoms with Crippen LogP contribution in [0.25, 0.3) is 0 Å². The molecule has 0 saturated carbocycles. The standard InChI is InChI=1S/C23H28O6/c1-16-20(15-27-13-17-7-5-4-6-8-17)29-23(26-3)22(21(16)24)28-14-18-9-11-19(25-2)12-10-18/h4-12,16,20,22-23H,13-15H2,1-3H3/t16-,20?,22?,23+/m0/s1. The van der Waals surface area contributed by atoms with Crippen LogP contribution in [0.4, 0.5) is 0 Å². The Morgan fingerprint density at radius 2 is 1.62 bits per heavy atom. The van der Waals surface area contributed by atoms with Gasteiger partial charge in [-0.15, -0.1) is 0 Å². The molecule has 2 unspecified atom stereocenters. The number of benzene rings is 2. The van der Waals surface area contributed by atoms with E-state index in [0.717, 1.165) is 16.9 Å². The van der Waals surface area contributed by atoms with Gasteiger partial charge in [-0.1, -0.05) is 49.4 Å². The fourth-order valence-electron chi connectivity index (χ4n) is 3.24. The lowest BCUT2D eigenvalue weighted by atomic mass is 9.92. The minimum Gasteiger partial charge on any atom is -0.497 e. The summed E-state index contributed by atoms with van der Waals surface area (Å²) in [5.74, 6) is 0.385. The Balaban J connectivity index is 1.54. The van der Waals surface area contributed by atoms with Crippen LogP contribution in [0.15, 0.2) is 54.6 Å². The zero-order valence-corrected chi connectivity index (χ0v) is 17.1. The van der Waals surface area contributed by atoms with Crippen LogP contribution in [0.3, 0.4) is 0 Å². The molecule has 1 fully saturated rings. The van der Waals surface area contributed by atoms with Crippen molar-refractivity contribution >= 4 is 5.78 Å². The number of rotatable bonds is 9. The molecule has 0 aromatic heterocycles. The topological polar surface area (TPSA) is 63.2 Å². The monoisotopic (exact) mass is 400 g/mol. The van der Waals surface area contributed by atoms with Crippen molar-refractivity contribution in [1.82, 2.24) is 0 Å². The minimum absolute atomic E-state index is 0.0371. The number of ether oxygens (including phenoxy) is 5. The van der Waals surface area contributed by atoms with E-state index in [9.17, 15) is 4.79 Å². The summed E-state index contributed by atoms with van der Waals surface area (Å²) in [5.41, 5.74) is 2.01. The molecule has 0 aliphatic carbocycles. The summed E-state index contributed by atoms with van der Waals surface area (Å²) in [6, 6.07) is 17.4. The van der Waals surface area contributed by atoms with Gasteiger partial charge in [0.05, 0.1) is 33.0 Å². The minimum atomic E-state index is -0.775. The second-order valence-corrected chi connectivity index (χ2v) is 7.05. The fraction of sp³-hybridized carbons (Fsp3) is 0.435. The summed E-state index contributed by atoms with van der Waals surface area (Å²) < 4.78 is 28.2. The van der Waals surface area contributed by atoms with Gasteiger partial charge in [0.15, 0.2) is 18.2 Å². The van der Waals surface area contributed by atoms with E-state index in [4.69, 9.17) is 23.7 Å². The normalized spacial score (nSPS) is 24.4. The van der Waals surface area contributed by atoms with Crippen molar-refractivity contribution in [2.24, 2.45) is 5.92 Å². The van der Waals surface area contributed by atoms with Gasteiger partial charge in [-0.2, -0.15) is 0 Å². The number of carbonyl (C=O) groups excluding carboxylic acids is 1. The molecule has 1 saturated heterocycles. The molecule has 0 amide bonds. The zero-order valence-electron chi connectivity index (χ0n) is 17.1. The molecule has 0 N–H and O–H groups in total. The van der Waals surface area contributed by atoms with Gasteiger partial charge in [-0.25, -0.2) is 0 Å². The largest absolute Gasteiger partial charge is 0.497 e. The molecular formula is C23H28O6. The van der Waals surface area contributed by atoms with Crippen molar-refractivity contribution in [2.75, 3.05) is 20.8 Å². The Morgan fingerprint density at radius 1 is 0.931 bits per heavy atom. The van der Waals surface area contributed by atoms with Gasteiger partial charge < -0.3 is 23.7 Å². The number of ketones is 1. The maximum atomic E-state index is 12.9. The molecule has 4 atom stereocenters. The first-order chi connectivity index (χ1) is 14.1. The molecular weight excluding hydrogens is 372 g/mol. The fourth-order valence-corrected chi connectivity index (χ4v) is 3.24. The van der Waals surface area contributed by atoms with E-state index in [1.807, 2.05) is 61.5 Å². The maximum absolute atomic E-state index is 12.9. The molecule has 1 aliphatic heterocycles. The van der Waals surface area contributed by atoms with Crippen molar-refractivity contribution in [3.63, 3.8) is 0 Å². The van der Waals surface area contributed by atoms with Gasteiger partial charge in [0.1, 0.15) is 5.75 Å². The first-order valence-electron chi connectivity index (χ1n) is 9.70. The summed E-state index contributed by atoms with van der Waals surface area (Å²) in [6.07, 6.45) is -1.92. The molecule has 156 valence electrons. The zero-order chi connectivity index (χ0) is 20.6. The smallest absolute Gasteiger partial charge is 0.191 e. The molecule has 2 aromatic carbocycles. The molecule has 6 heteroatoms. The van der Waals surface area contributed by atoms with Crippen molar-refractivity contribution < 1.29 is 28.5 Å². The predicted octanol–water partition coefficient (Wildman–Crippen LogP) is 3.37. The van der Waals surface area contributed by atoms with Crippen LogP contribution in [0.5, 0.6) is 5.75 Å². The van der Waals surface area contributed by atoms with E-state index in [2.05, 4.69) is 0 Å². The molecule has 3 rings (SSSR count). The van der Waals surface area contributed by atoms with Crippen LogP contribution in [0.1, 0.15) is 18.1 Å². The second kappa shape index (κ2) is 10.5. The lowest BCUT2D eigenvalue weighted by molar-refractivity contribution is -0.250. The molecule has 2 aromatic rings. The molecule has 1 aliphatic rings. The van der Waals surface area contributed by atoms with Gasteiger partial charge in [0.2, 0.25) is 0 Å². The van der Waals surface area contributed by atoms with Crippen LogP contribution in [-0.4, -0.2) is 45.1 Å². The van der Waals surface area contributed by atoms with E-state index >= 15 is 0 Å². The van der Waals surface area contributed by atoms with E-state index in [0.29, 0.717) is 13.2 Å². The highest BCUT2D eigenvalue weighted by Crippen LogP contribution is 2.26. The first-order valence-corrected chi connectivity index (χ1v) is 9.70. The van der Waals surface area contributed by atoms with Gasteiger partial charge in [-0.3, -0.25) is 4.79 Å². The Labute approximate surface area is 171 Å². The average molecular weight is 400 g/mol. The lowest BCUT2D eigenvalue weighted by Crippen LogP contribution is -2.53. The van der Waals surface area contributed by atoms with Crippen molar-refractivity contribution in [2.45, 2.75) is 38.6 Å². The number of carbonyl (C=O) groups is 1. The number of methoxy groups -OCH3 is 2. The Morgan fingerprint density at radius 3 is 2.28 bits per heavy atom. The van der Waals surface area contributed by atoms with E-state index in [1.165, 1.54) is 7.11 Å². The van der Waals surface area contributed by atoms with Crippen molar-refractivity contribution in [3.8, 4) is 5.75 Å². The van der Waals surface area contributed by atoms with Crippen molar-refractivity contribution in [3.05, 3.63) is 65.7 Å². The molecule has 1 heterocycles. The molecule has 0 bridgehead atoms. The average Bonchev–Trinajstić information content (AvgIpc) is 2.77. The Kier molecular flexibility index (Phi) is 7.77. The maximum Gasteiger partial charge on any atom is 0.191 e. The van der Waals surface area contributed by atoms with Crippen LogP contribution < -0.4 is 4.74 Å². The molecule has 0 radical (unpaired) electrons. The van der Waals surface area contributed by atoms with Crippen LogP contribution in [-0.2, 0) is 37.0 Å². The van der Waals surface area contributed by atoms with E-state index in [-0.39, 0.29) is 24.4 Å². The van der Waals surface area contributed by atoms with Crippen molar-refractivity contribution in [1.29, 1.82) is 0 Å². The number of Topliss-reactive ketones (excluding diaryl/α,β-unsaturated/α-hetero) is 1. The number of hydrogen-bond acceptors (Lipinski definition) is 6. The predicted molar refractivity (Wildman–Crippen MR) is 108 cm³/mol. The lowest BCUT2D eigenvalue weighted by Gasteiger charge is -2.38. The molecule has 29 heavy (non-hydrogen) atoms. The Hall–Kier alpha value is -2.25. The summed E-state index contributed by atoms with van der Waals surface area (Å²) in [6.45, 7) is 2.91. The SMILES string of the molecule is COc1ccc(COC2C(=O)[C@@H](C)C(COCc3ccccc3)O[C@H]2OC)cc1. The summed E-state index contributed by atoms with van der Waals surface area (Å²) in [7, 11) is 3.13. The van der Waals surface area contributed by atoms with Gasteiger partial charge in [-0.05, 0) is 23.3 Å². The Bertz CT molecular complexity index is 761. The first kappa shape index (κ1) is 21.5. The summed E-state index contributed by atoms with van der Waals surface area (Å²) in [4.78, 5) is 12.9. The quantitative estimate of drug-likeness (QED) is 0.643. The highest BCUT2D eigenvalue weighted by Gasteiger charge is 2.43. The third kappa shape index (κ3) is 5.64. The second-order valence-electron chi connectivity index (χ2n) is 7.05. The van der Waals surface area contributed by atoms with E-state index < -0.39 is 12.4 Å². The third-order valence-electron chi connectivity index (χ3n) is 5.06. The third-order valence-corrected chi connectivity index (χ3v) is 5.06. The van der Waals surface area contributed by atoms with Gasteiger partial charge in [0, 0.05) is 13.0 Å². The van der Waals surface area contributed by atoms with Crippen LogP contribution in [0, 0.1) is 5.92 Å². The molecule has 0 spiro atoms. The highest BCUT2D eigenvalue weighted by atomic mass is 16.7. The van der Waals surface area contributed by atoms with Gasteiger partial charge >= 0.3 is 0 Å². The number of hydrogen-bond donors (Lipinski definition) is 0. The molecule has 6 nitrogen and oxygen atoms in total. The van der Waals surface area contributed by atoms with Gasteiger partial charge in [0.25, 0.3) is 0 Å². The van der Waals surface area contributed by atoms with Crippen LogP contribution >= 0.6 is 0 Å². The van der Waals surface area contributed by atoms with E-state index in [1.54, 1.807) is 7.11 Å². The summed E-state index contributed by atoms with van der Waals surface area (Å²) >= 11 is 0. The highest BCUT2D eigenvalue weighted by molar-refractivity contribution is 5.86.